The monoisotopic (exact) mass is 672 g/mol. The number of ether oxygens (including phenoxy) is 2. The molecule has 2 fully saturated rings. The summed E-state index contributed by atoms with van der Waals surface area (Å²) >= 11 is 0. The van der Waals surface area contributed by atoms with E-state index in [0.29, 0.717) is 31.4 Å². The van der Waals surface area contributed by atoms with E-state index in [4.69, 9.17) is 9.47 Å². The van der Waals surface area contributed by atoms with Gasteiger partial charge in [0.25, 0.3) is 0 Å². The summed E-state index contributed by atoms with van der Waals surface area (Å²) in [6.07, 6.45) is 1.36. The maximum absolute atomic E-state index is 14.1. The Balaban J connectivity index is 1.26. The lowest BCUT2D eigenvalue weighted by Gasteiger charge is -2.65. The third-order valence-electron chi connectivity index (χ3n) is 11.1. The Morgan fingerprint density at radius 1 is 1.06 bits per heavy atom. The third-order valence-corrected chi connectivity index (χ3v) is 11.1. The van der Waals surface area contributed by atoms with E-state index in [0.717, 1.165) is 49.4 Å². The van der Waals surface area contributed by atoms with Crippen LogP contribution in [-0.2, 0) is 38.8 Å². The van der Waals surface area contributed by atoms with Crippen LogP contribution in [0.1, 0.15) is 67.9 Å². The Morgan fingerprint density at radius 3 is 2.57 bits per heavy atom. The highest BCUT2D eigenvalue weighted by Crippen LogP contribution is 2.65. The van der Waals surface area contributed by atoms with E-state index in [9.17, 15) is 22.8 Å². The maximum atomic E-state index is 14.1. The molecule has 2 unspecified atom stereocenters. The van der Waals surface area contributed by atoms with Crippen molar-refractivity contribution < 1.29 is 32.2 Å². The first-order chi connectivity index (χ1) is 23.4. The fourth-order valence-electron chi connectivity index (χ4n) is 9.38. The van der Waals surface area contributed by atoms with E-state index < -0.39 is 28.9 Å². The maximum Gasteiger partial charge on any atom is 0.416 e. The van der Waals surface area contributed by atoms with E-state index in [2.05, 4.69) is 35.2 Å². The highest BCUT2D eigenvalue weighted by Gasteiger charge is 2.75. The summed E-state index contributed by atoms with van der Waals surface area (Å²) in [5.74, 6) is 0.318. The normalized spacial score (nSPS) is 27.1. The number of hydrogen-bond acceptors (Lipinski definition) is 5. The van der Waals surface area contributed by atoms with Gasteiger partial charge in [0.05, 0.1) is 23.1 Å². The number of carbonyl (C=O) groups is 2. The lowest BCUT2D eigenvalue weighted by molar-refractivity contribution is -0.224. The van der Waals surface area contributed by atoms with Gasteiger partial charge in [-0.15, -0.1) is 0 Å². The number of alkyl halides is 3. The Labute approximate surface area is 285 Å². The van der Waals surface area contributed by atoms with Crippen LogP contribution in [0.3, 0.4) is 0 Å². The van der Waals surface area contributed by atoms with Gasteiger partial charge in [-0.25, -0.2) is 0 Å². The Morgan fingerprint density at radius 2 is 1.84 bits per heavy atom. The van der Waals surface area contributed by atoms with Crippen molar-refractivity contribution in [1.29, 1.82) is 0 Å². The molecule has 1 saturated heterocycles. The molecule has 1 amide bonds. The van der Waals surface area contributed by atoms with Crippen molar-refractivity contribution in [3.8, 4) is 5.75 Å². The van der Waals surface area contributed by atoms with Gasteiger partial charge in [-0.2, -0.15) is 13.2 Å². The number of nitrogens with zero attached hydrogens (tertiary/aromatic N) is 2. The molecule has 4 aliphatic rings. The standard InChI is InChI=1S/C40H43F3N2O4/c1-26(2)25-45(35(47)16-15-29-11-7-13-31(23-29)40(41,42)43)32-17-19-39(49-27(3)46)34-24-30-12-8-14-33-36(30)38(39,37(32)48-33)20-22-44(34)21-18-28-9-5-4-6-10-28/h4-16,23,26,32,34,37H,17-22,24-25H2,1-3H3/b16-15+/t32?,34-,37?,38+,39-/m1/s1. The molecule has 1 saturated carbocycles. The molecular weight excluding hydrogens is 629 g/mol. The second-order valence-electron chi connectivity index (χ2n) is 14.5. The van der Waals surface area contributed by atoms with E-state index in [-0.39, 0.29) is 29.9 Å². The molecule has 0 N–H and O–H groups in total. The first-order valence-corrected chi connectivity index (χ1v) is 17.4. The fraction of sp³-hybridized carbons (Fsp3) is 0.450. The van der Waals surface area contributed by atoms with Crippen LogP contribution >= 0.6 is 0 Å². The highest BCUT2D eigenvalue weighted by molar-refractivity contribution is 5.92. The minimum absolute atomic E-state index is 0.0585. The largest absolute Gasteiger partial charge is 0.487 e. The van der Waals surface area contributed by atoms with Gasteiger partial charge in [-0.3, -0.25) is 14.5 Å². The van der Waals surface area contributed by atoms with Crippen LogP contribution in [0, 0.1) is 5.92 Å². The smallest absolute Gasteiger partial charge is 0.416 e. The van der Waals surface area contributed by atoms with E-state index in [1.54, 1.807) is 6.07 Å². The predicted octanol–water partition coefficient (Wildman–Crippen LogP) is 7.24. The summed E-state index contributed by atoms with van der Waals surface area (Å²) in [7, 11) is 0. The number of esters is 1. The zero-order valence-corrected chi connectivity index (χ0v) is 28.2. The van der Waals surface area contributed by atoms with Crippen molar-refractivity contribution in [2.24, 2.45) is 5.92 Å². The SMILES string of the molecule is CC(=O)O[C@@]12CCC(N(CC(C)C)C(=O)/C=C/c3cccc(C(F)(F)F)c3)C3Oc4cccc5c4[C@@]31CCN(CCc1ccccc1)[C@@H]2C5. The van der Waals surface area contributed by atoms with Crippen molar-refractivity contribution in [2.75, 3.05) is 19.6 Å². The molecule has 2 aliphatic carbocycles. The van der Waals surface area contributed by atoms with Gasteiger partial charge in [-0.05, 0) is 85.5 Å². The molecule has 6 nitrogen and oxygen atoms in total. The van der Waals surface area contributed by atoms with Gasteiger partial charge in [0, 0.05) is 31.7 Å². The van der Waals surface area contributed by atoms with Gasteiger partial charge in [0.2, 0.25) is 5.91 Å². The molecule has 3 aromatic carbocycles. The lowest BCUT2D eigenvalue weighted by atomic mass is 9.48. The third kappa shape index (κ3) is 5.73. The number of benzene rings is 3. The molecule has 2 heterocycles. The zero-order chi connectivity index (χ0) is 34.6. The van der Waals surface area contributed by atoms with Crippen LogP contribution in [0.25, 0.3) is 6.08 Å². The van der Waals surface area contributed by atoms with E-state index >= 15 is 0 Å². The average Bonchev–Trinajstić information content (AvgIpc) is 3.41. The number of piperidine rings is 1. The number of halogens is 3. The summed E-state index contributed by atoms with van der Waals surface area (Å²) in [6.45, 7) is 7.66. The average molecular weight is 673 g/mol. The fourth-order valence-corrected chi connectivity index (χ4v) is 9.38. The highest BCUT2D eigenvalue weighted by atomic mass is 19.4. The number of carbonyl (C=O) groups excluding carboxylic acids is 2. The minimum atomic E-state index is -4.48. The molecule has 5 atom stereocenters. The lowest BCUT2D eigenvalue weighted by Crippen LogP contribution is -2.79. The summed E-state index contributed by atoms with van der Waals surface area (Å²) in [6, 6.07) is 21.2. The predicted molar refractivity (Wildman–Crippen MR) is 181 cm³/mol. The van der Waals surface area contributed by atoms with Gasteiger partial charge in [0.15, 0.2) is 0 Å². The number of hydrogen-bond donors (Lipinski definition) is 0. The minimum Gasteiger partial charge on any atom is -0.487 e. The molecule has 258 valence electrons. The Kier molecular flexibility index (Phi) is 8.62. The van der Waals surface area contributed by atoms with E-state index in [1.807, 2.05) is 36.9 Å². The van der Waals surface area contributed by atoms with Gasteiger partial charge in [-0.1, -0.05) is 68.4 Å². The van der Waals surface area contributed by atoms with Crippen molar-refractivity contribution in [3.63, 3.8) is 0 Å². The Hall–Kier alpha value is -4.11. The zero-order valence-electron chi connectivity index (χ0n) is 28.2. The van der Waals surface area contributed by atoms with Crippen molar-refractivity contribution in [3.05, 3.63) is 107 Å². The first-order valence-electron chi connectivity index (χ1n) is 17.4. The van der Waals surface area contributed by atoms with Crippen LogP contribution < -0.4 is 4.74 Å². The van der Waals surface area contributed by atoms with Gasteiger partial charge < -0.3 is 14.4 Å². The van der Waals surface area contributed by atoms with Crippen molar-refractivity contribution >= 4 is 18.0 Å². The molecule has 9 heteroatoms. The van der Waals surface area contributed by atoms with Crippen molar-refractivity contribution in [2.45, 2.75) is 88.3 Å². The summed E-state index contributed by atoms with van der Waals surface area (Å²) < 4.78 is 53.7. The Bertz CT molecular complexity index is 1760. The quantitative estimate of drug-likeness (QED) is 0.177. The second-order valence-corrected chi connectivity index (χ2v) is 14.5. The number of likely N-dealkylation sites (tertiary alicyclic amines) is 1. The van der Waals surface area contributed by atoms with Crippen LogP contribution in [0.4, 0.5) is 13.2 Å². The molecule has 49 heavy (non-hydrogen) atoms. The van der Waals surface area contributed by atoms with Crippen LogP contribution in [0.2, 0.25) is 0 Å². The van der Waals surface area contributed by atoms with Gasteiger partial charge in [0.1, 0.15) is 17.5 Å². The van der Waals surface area contributed by atoms with E-state index in [1.165, 1.54) is 36.3 Å². The van der Waals surface area contributed by atoms with Crippen LogP contribution in [-0.4, -0.2) is 65.1 Å². The first kappa shape index (κ1) is 33.4. The van der Waals surface area contributed by atoms with Gasteiger partial charge >= 0.3 is 12.1 Å². The molecule has 2 aliphatic heterocycles. The summed E-state index contributed by atoms with van der Waals surface area (Å²) in [5, 5.41) is 0. The molecule has 7 rings (SSSR count). The topological polar surface area (TPSA) is 59.1 Å². The number of amides is 1. The molecular formula is C40H43F3N2O4. The van der Waals surface area contributed by atoms with Crippen LogP contribution in [0.15, 0.2) is 78.9 Å². The molecule has 2 bridgehead atoms. The second kappa shape index (κ2) is 12.7. The summed E-state index contributed by atoms with van der Waals surface area (Å²) in [5.41, 5.74) is 1.62. The molecule has 3 aromatic rings. The molecule has 0 radical (unpaired) electrons. The molecule has 1 spiro atoms. The summed E-state index contributed by atoms with van der Waals surface area (Å²) in [4.78, 5) is 31.5. The number of rotatable bonds is 9. The molecule has 0 aromatic heterocycles. The van der Waals surface area contributed by atoms with Crippen molar-refractivity contribution in [1.82, 2.24) is 9.80 Å². The van der Waals surface area contributed by atoms with Crippen LogP contribution in [0.5, 0.6) is 5.75 Å².